The summed E-state index contributed by atoms with van der Waals surface area (Å²) in [5, 5.41) is 13.5. The molecular weight excluding hydrogens is 338 g/mol. The van der Waals surface area contributed by atoms with Crippen LogP contribution in [0.3, 0.4) is 0 Å². The molecule has 5 nitrogen and oxygen atoms in total. The number of hydrogen-bond donors (Lipinski definition) is 2. The van der Waals surface area contributed by atoms with Crippen LogP contribution in [-0.4, -0.2) is 21.2 Å². The monoisotopic (exact) mass is 353 g/mol. The summed E-state index contributed by atoms with van der Waals surface area (Å²) in [5.41, 5.74) is 0.539. The summed E-state index contributed by atoms with van der Waals surface area (Å²) in [5.74, 6) is -1.37. The fraction of sp³-hybridized carbons (Fsp3) is 0.0526. The Kier molecular flexibility index (Phi) is 4.63. The summed E-state index contributed by atoms with van der Waals surface area (Å²) in [6, 6.07) is 16.9. The van der Waals surface area contributed by atoms with Crippen molar-refractivity contribution in [3.05, 3.63) is 66.2 Å². The molecular formula is C19H15NO4S. The van der Waals surface area contributed by atoms with Crippen LogP contribution < -0.4 is 5.32 Å². The largest absolute Gasteiger partial charge is 0.478 e. The van der Waals surface area contributed by atoms with Gasteiger partial charge in [0, 0.05) is 18.0 Å². The van der Waals surface area contributed by atoms with Gasteiger partial charge < -0.3 is 10.4 Å². The minimum absolute atomic E-state index is 0.00477. The Morgan fingerprint density at radius 1 is 0.920 bits per heavy atom. The van der Waals surface area contributed by atoms with Crippen molar-refractivity contribution in [2.24, 2.45) is 0 Å². The van der Waals surface area contributed by atoms with Gasteiger partial charge in [0.15, 0.2) is 0 Å². The SMILES string of the molecule is CC(=O)Nc1cccc2cccc(S(=O)c3ccccc3C(=O)O)c12. The van der Waals surface area contributed by atoms with Crippen molar-refractivity contribution < 1.29 is 18.9 Å². The third-order valence-corrected chi connectivity index (χ3v) is 5.19. The molecule has 0 saturated carbocycles. The number of aromatic carboxylic acids is 1. The van der Waals surface area contributed by atoms with Crippen molar-refractivity contribution in [2.75, 3.05) is 5.32 Å². The zero-order valence-electron chi connectivity index (χ0n) is 13.4. The lowest BCUT2D eigenvalue weighted by Gasteiger charge is -2.13. The molecule has 6 heteroatoms. The number of benzene rings is 3. The van der Waals surface area contributed by atoms with Gasteiger partial charge >= 0.3 is 5.97 Å². The molecule has 0 spiro atoms. The van der Waals surface area contributed by atoms with Crippen LogP contribution in [0.15, 0.2) is 70.5 Å². The van der Waals surface area contributed by atoms with E-state index in [1.165, 1.54) is 13.0 Å². The third-order valence-electron chi connectivity index (χ3n) is 3.69. The molecule has 3 aromatic carbocycles. The van der Waals surface area contributed by atoms with Gasteiger partial charge in [0.2, 0.25) is 5.91 Å². The molecule has 0 heterocycles. The van der Waals surface area contributed by atoms with Gasteiger partial charge in [-0.2, -0.15) is 0 Å². The van der Waals surface area contributed by atoms with Crippen molar-refractivity contribution in [3.8, 4) is 0 Å². The molecule has 2 N–H and O–H groups in total. The van der Waals surface area contributed by atoms with Crippen molar-refractivity contribution in [1.82, 2.24) is 0 Å². The molecule has 0 radical (unpaired) electrons. The van der Waals surface area contributed by atoms with Crippen LogP contribution in [0, 0.1) is 0 Å². The van der Waals surface area contributed by atoms with Crippen LogP contribution in [-0.2, 0) is 15.6 Å². The topological polar surface area (TPSA) is 83.5 Å². The van der Waals surface area contributed by atoms with Gasteiger partial charge in [-0.1, -0.05) is 36.4 Å². The van der Waals surface area contributed by atoms with Crippen molar-refractivity contribution in [1.29, 1.82) is 0 Å². The lowest BCUT2D eigenvalue weighted by atomic mass is 10.1. The van der Waals surface area contributed by atoms with E-state index in [9.17, 15) is 18.9 Å². The number of nitrogens with one attached hydrogen (secondary N) is 1. The zero-order chi connectivity index (χ0) is 18.0. The summed E-state index contributed by atoms with van der Waals surface area (Å²) in [6.45, 7) is 1.40. The molecule has 0 aliphatic carbocycles. The molecule has 126 valence electrons. The van der Waals surface area contributed by atoms with E-state index in [0.717, 1.165) is 5.39 Å². The highest BCUT2D eigenvalue weighted by Gasteiger charge is 2.19. The predicted octanol–water partition coefficient (Wildman–Crippen LogP) is 3.66. The molecule has 1 atom stereocenters. The first-order chi connectivity index (χ1) is 12.0. The normalized spacial score (nSPS) is 11.9. The van der Waals surface area contributed by atoms with E-state index >= 15 is 0 Å². The maximum absolute atomic E-state index is 13.2. The van der Waals surface area contributed by atoms with Crippen LogP contribution in [0.1, 0.15) is 17.3 Å². The second-order valence-corrected chi connectivity index (χ2v) is 6.83. The first-order valence-corrected chi connectivity index (χ1v) is 8.67. The van der Waals surface area contributed by atoms with Gasteiger partial charge in [-0.05, 0) is 29.7 Å². The highest BCUT2D eigenvalue weighted by atomic mass is 32.2. The predicted molar refractivity (Wildman–Crippen MR) is 96.3 cm³/mol. The highest BCUT2D eigenvalue weighted by molar-refractivity contribution is 7.85. The number of amides is 1. The molecule has 1 unspecified atom stereocenters. The van der Waals surface area contributed by atoms with Crippen molar-refractivity contribution in [2.45, 2.75) is 16.7 Å². The number of carbonyl (C=O) groups excluding carboxylic acids is 1. The quantitative estimate of drug-likeness (QED) is 0.750. The molecule has 0 aliphatic rings. The lowest BCUT2D eigenvalue weighted by Crippen LogP contribution is -2.08. The summed E-state index contributed by atoms with van der Waals surface area (Å²) >= 11 is 0. The van der Waals surface area contributed by atoms with Crippen LogP contribution >= 0.6 is 0 Å². The first kappa shape index (κ1) is 16.9. The molecule has 0 saturated heterocycles. The Labute approximate surface area is 146 Å². The Morgan fingerprint density at radius 2 is 1.56 bits per heavy atom. The van der Waals surface area contributed by atoms with E-state index < -0.39 is 16.8 Å². The van der Waals surface area contributed by atoms with Gasteiger partial charge in [0.1, 0.15) is 0 Å². The van der Waals surface area contributed by atoms with Crippen molar-refractivity contribution >= 4 is 39.1 Å². The number of carbonyl (C=O) groups is 2. The van der Waals surface area contributed by atoms with Crippen LogP contribution in [0.5, 0.6) is 0 Å². The summed E-state index contributed by atoms with van der Waals surface area (Å²) < 4.78 is 13.2. The summed E-state index contributed by atoms with van der Waals surface area (Å²) in [6.07, 6.45) is 0. The molecule has 25 heavy (non-hydrogen) atoms. The number of fused-ring (bicyclic) bond motifs is 1. The second-order valence-electron chi connectivity index (χ2n) is 5.41. The van der Waals surface area contributed by atoms with Crippen LogP contribution in [0.25, 0.3) is 10.8 Å². The Hall–Kier alpha value is -2.99. The van der Waals surface area contributed by atoms with E-state index in [0.29, 0.717) is 16.0 Å². The van der Waals surface area contributed by atoms with Gasteiger partial charge in [0.25, 0.3) is 0 Å². The minimum atomic E-state index is -1.71. The Balaban J connectivity index is 2.24. The van der Waals surface area contributed by atoms with E-state index in [2.05, 4.69) is 5.32 Å². The number of carboxylic acid groups (broad SMARTS) is 1. The molecule has 3 rings (SSSR count). The molecule has 0 bridgehead atoms. The Morgan fingerprint density at radius 3 is 2.24 bits per heavy atom. The number of anilines is 1. The maximum atomic E-state index is 13.2. The summed E-state index contributed by atoms with van der Waals surface area (Å²) in [7, 11) is -1.71. The second kappa shape index (κ2) is 6.86. The minimum Gasteiger partial charge on any atom is -0.478 e. The average Bonchev–Trinajstić information content (AvgIpc) is 2.60. The van der Waals surface area contributed by atoms with Crippen molar-refractivity contribution in [3.63, 3.8) is 0 Å². The first-order valence-electron chi connectivity index (χ1n) is 7.52. The summed E-state index contributed by atoms with van der Waals surface area (Å²) in [4.78, 5) is 23.6. The molecule has 1 amide bonds. The van der Waals surface area contributed by atoms with E-state index in [-0.39, 0.29) is 16.4 Å². The molecule has 0 fully saturated rings. The van der Waals surface area contributed by atoms with Crippen LogP contribution in [0.4, 0.5) is 5.69 Å². The molecule has 3 aromatic rings. The van der Waals surface area contributed by atoms with E-state index in [1.807, 2.05) is 12.1 Å². The average molecular weight is 353 g/mol. The fourth-order valence-corrected chi connectivity index (χ4v) is 4.09. The van der Waals surface area contributed by atoms with Gasteiger partial charge in [-0.3, -0.25) is 4.79 Å². The van der Waals surface area contributed by atoms with E-state index in [4.69, 9.17) is 0 Å². The smallest absolute Gasteiger partial charge is 0.336 e. The number of rotatable bonds is 4. The van der Waals surface area contributed by atoms with Gasteiger partial charge in [0.05, 0.1) is 26.2 Å². The highest BCUT2D eigenvalue weighted by Crippen LogP contribution is 2.32. The third kappa shape index (κ3) is 3.29. The standard InChI is InChI=1S/C19H15NO4S/c1-12(21)20-15-9-4-6-13-7-5-11-17(18(13)15)25(24)16-10-3-2-8-14(16)19(22)23/h2-11H,1H3,(H,20,21)(H,22,23). The molecule has 0 aromatic heterocycles. The van der Waals surface area contributed by atoms with Gasteiger partial charge in [-0.15, -0.1) is 0 Å². The number of carboxylic acids is 1. The van der Waals surface area contributed by atoms with E-state index in [1.54, 1.807) is 42.5 Å². The Bertz CT molecular complexity index is 1010. The molecule has 0 aliphatic heterocycles. The number of hydrogen-bond acceptors (Lipinski definition) is 3. The van der Waals surface area contributed by atoms with Gasteiger partial charge in [-0.25, -0.2) is 9.00 Å². The van der Waals surface area contributed by atoms with Crippen LogP contribution in [0.2, 0.25) is 0 Å². The fourth-order valence-electron chi connectivity index (χ4n) is 2.68. The zero-order valence-corrected chi connectivity index (χ0v) is 14.2. The lowest BCUT2D eigenvalue weighted by molar-refractivity contribution is -0.114. The maximum Gasteiger partial charge on any atom is 0.336 e.